The first kappa shape index (κ1) is 12.0. The van der Waals surface area contributed by atoms with Crippen molar-refractivity contribution in [2.45, 2.75) is 32.4 Å². The summed E-state index contributed by atoms with van der Waals surface area (Å²) in [4.78, 5) is 15.9. The summed E-state index contributed by atoms with van der Waals surface area (Å²) in [5.74, 6) is 0.271. The number of nitrogens with one attached hydrogen (secondary N) is 1. The van der Waals surface area contributed by atoms with Crippen LogP contribution in [0.15, 0.2) is 18.3 Å². The largest absolute Gasteiger partial charge is 0.468 e. The molecule has 0 radical (unpaired) electrons. The van der Waals surface area contributed by atoms with Gasteiger partial charge in [-0.1, -0.05) is 6.07 Å². The number of esters is 1. The van der Waals surface area contributed by atoms with Crippen LogP contribution < -0.4 is 5.32 Å². The molecule has 1 unspecified atom stereocenters. The highest BCUT2D eigenvalue weighted by Gasteiger charge is 2.36. The monoisotopic (exact) mass is 234 g/mol. The maximum atomic E-state index is 11.6. The van der Waals surface area contributed by atoms with E-state index in [-0.39, 0.29) is 12.0 Å². The Kier molecular flexibility index (Phi) is 3.74. The molecule has 0 aromatic carbocycles. The zero-order valence-electron chi connectivity index (χ0n) is 10.3. The van der Waals surface area contributed by atoms with Crippen molar-refractivity contribution in [3.63, 3.8) is 0 Å². The van der Waals surface area contributed by atoms with E-state index in [1.54, 1.807) is 6.20 Å². The molecule has 1 aliphatic rings. The van der Waals surface area contributed by atoms with Gasteiger partial charge in [0.05, 0.1) is 12.8 Å². The lowest BCUT2D eigenvalue weighted by molar-refractivity contribution is -0.143. The van der Waals surface area contributed by atoms with E-state index in [2.05, 4.69) is 10.3 Å². The van der Waals surface area contributed by atoms with E-state index in [0.29, 0.717) is 12.5 Å². The number of nitrogens with zero attached hydrogens (tertiary/aromatic N) is 1. The van der Waals surface area contributed by atoms with Crippen LogP contribution in [0.25, 0.3) is 0 Å². The molecule has 1 fully saturated rings. The van der Waals surface area contributed by atoms with Gasteiger partial charge in [-0.2, -0.15) is 0 Å². The van der Waals surface area contributed by atoms with E-state index in [1.807, 2.05) is 19.1 Å². The number of aromatic nitrogens is 1. The van der Waals surface area contributed by atoms with Crippen LogP contribution in [0.3, 0.4) is 0 Å². The maximum Gasteiger partial charge on any atom is 0.323 e. The van der Waals surface area contributed by atoms with Crippen molar-refractivity contribution in [3.05, 3.63) is 29.6 Å². The van der Waals surface area contributed by atoms with Gasteiger partial charge in [0, 0.05) is 12.7 Å². The number of methoxy groups -OCH3 is 1. The van der Waals surface area contributed by atoms with Gasteiger partial charge in [-0.25, -0.2) is 0 Å². The second kappa shape index (κ2) is 5.27. The third kappa shape index (κ3) is 3.03. The summed E-state index contributed by atoms with van der Waals surface area (Å²) >= 11 is 0. The van der Waals surface area contributed by atoms with E-state index in [4.69, 9.17) is 4.74 Å². The van der Waals surface area contributed by atoms with Crippen molar-refractivity contribution in [1.29, 1.82) is 0 Å². The van der Waals surface area contributed by atoms with Crippen molar-refractivity contribution < 1.29 is 9.53 Å². The van der Waals surface area contributed by atoms with E-state index in [0.717, 1.165) is 24.1 Å². The summed E-state index contributed by atoms with van der Waals surface area (Å²) in [5, 5.41) is 3.25. The predicted molar refractivity (Wildman–Crippen MR) is 64.3 cm³/mol. The van der Waals surface area contributed by atoms with Gasteiger partial charge < -0.3 is 4.74 Å². The SMILES string of the molecule is COC(=O)C(NCc1ncccc1C)C1CC1. The number of hydrogen-bond acceptors (Lipinski definition) is 4. The molecular formula is C13H18N2O2. The fraction of sp³-hybridized carbons (Fsp3) is 0.538. The molecule has 1 saturated carbocycles. The molecule has 1 aliphatic carbocycles. The average Bonchev–Trinajstić information content (AvgIpc) is 3.15. The lowest BCUT2D eigenvalue weighted by Crippen LogP contribution is -2.39. The number of rotatable bonds is 5. The first-order chi connectivity index (χ1) is 8.22. The first-order valence-electron chi connectivity index (χ1n) is 5.94. The molecule has 1 aromatic rings. The van der Waals surface area contributed by atoms with E-state index >= 15 is 0 Å². The Hall–Kier alpha value is -1.42. The molecule has 92 valence electrons. The van der Waals surface area contributed by atoms with Crippen LogP contribution in [0.4, 0.5) is 0 Å². The minimum atomic E-state index is -0.179. The normalized spacial score (nSPS) is 16.6. The highest BCUT2D eigenvalue weighted by molar-refractivity contribution is 5.76. The maximum absolute atomic E-state index is 11.6. The molecule has 1 heterocycles. The second-order valence-electron chi connectivity index (χ2n) is 4.49. The fourth-order valence-electron chi connectivity index (χ4n) is 1.91. The zero-order valence-corrected chi connectivity index (χ0v) is 10.3. The molecule has 1 N–H and O–H groups in total. The summed E-state index contributed by atoms with van der Waals surface area (Å²) in [5.41, 5.74) is 2.13. The van der Waals surface area contributed by atoms with Crippen molar-refractivity contribution >= 4 is 5.97 Å². The highest BCUT2D eigenvalue weighted by Crippen LogP contribution is 2.33. The minimum absolute atomic E-state index is 0.166. The van der Waals surface area contributed by atoms with Crippen LogP contribution in [-0.4, -0.2) is 24.1 Å². The number of hydrogen-bond donors (Lipinski definition) is 1. The van der Waals surface area contributed by atoms with Crippen LogP contribution in [0.1, 0.15) is 24.1 Å². The average molecular weight is 234 g/mol. The number of ether oxygens (including phenoxy) is 1. The predicted octanol–water partition coefficient (Wildman–Crippen LogP) is 1.43. The number of carbonyl (C=O) groups excluding carboxylic acids is 1. The highest BCUT2D eigenvalue weighted by atomic mass is 16.5. The first-order valence-corrected chi connectivity index (χ1v) is 5.94. The molecule has 1 aromatic heterocycles. The summed E-state index contributed by atoms with van der Waals surface area (Å²) in [6.45, 7) is 2.64. The van der Waals surface area contributed by atoms with Gasteiger partial charge in [0.2, 0.25) is 0 Å². The van der Waals surface area contributed by atoms with Crippen molar-refractivity contribution in [2.75, 3.05) is 7.11 Å². The molecule has 0 aliphatic heterocycles. The van der Waals surface area contributed by atoms with Gasteiger partial charge in [-0.15, -0.1) is 0 Å². The summed E-state index contributed by atoms with van der Waals surface area (Å²) in [6.07, 6.45) is 3.98. The summed E-state index contributed by atoms with van der Waals surface area (Å²) in [6, 6.07) is 3.76. The van der Waals surface area contributed by atoms with Gasteiger partial charge in [0.15, 0.2) is 0 Å². The molecule has 4 heteroatoms. The van der Waals surface area contributed by atoms with Gasteiger partial charge in [-0.3, -0.25) is 15.1 Å². The van der Waals surface area contributed by atoms with E-state index in [1.165, 1.54) is 7.11 Å². The molecule has 1 atom stereocenters. The standard InChI is InChI=1S/C13H18N2O2/c1-9-4-3-7-14-11(9)8-15-12(10-5-6-10)13(16)17-2/h3-4,7,10,12,15H,5-6,8H2,1-2H3. The Morgan fingerprint density at radius 3 is 3.00 bits per heavy atom. The molecule has 2 rings (SSSR count). The molecule has 0 saturated heterocycles. The Morgan fingerprint density at radius 1 is 1.65 bits per heavy atom. The number of carbonyl (C=O) groups is 1. The quantitative estimate of drug-likeness (QED) is 0.783. The van der Waals surface area contributed by atoms with Crippen LogP contribution in [0, 0.1) is 12.8 Å². The summed E-state index contributed by atoms with van der Waals surface area (Å²) in [7, 11) is 1.44. The number of aryl methyl sites for hydroxylation is 1. The van der Waals surface area contributed by atoms with Crippen LogP contribution >= 0.6 is 0 Å². The van der Waals surface area contributed by atoms with Gasteiger partial charge in [-0.05, 0) is 37.3 Å². The van der Waals surface area contributed by atoms with Crippen molar-refractivity contribution in [1.82, 2.24) is 10.3 Å². The van der Waals surface area contributed by atoms with Crippen LogP contribution in [0.2, 0.25) is 0 Å². The Bertz CT molecular complexity index is 402. The van der Waals surface area contributed by atoms with Crippen molar-refractivity contribution in [2.24, 2.45) is 5.92 Å². The third-order valence-corrected chi connectivity index (χ3v) is 3.16. The van der Waals surface area contributed by atoms with E-state index < -0.39 is 0 Å². The lowest BCUT2D eigenvalue weighted by Gasteiger charge is -2.15. The third-order valence-electron chi connectivity index (χ3n) is 3.16. The Balaban J connectivity index is 1.95. The Labute approximate surface area is 101 Å². The zero-order chi connectivity index (χ0) is 12.3. The fourth-order valence-corrected chi connectivity index (χ4v) is 1.91. The van der Waals surface area contributed by atoms with Crippen molar-refractivity contribution in [3.8, 4) is 0 Å². The number of pyridine rings is 1. The van der Waals surface area contributed by atoms with Gasteiger partial charge in [0.1, 0.15) is 6.04 Å². The minimum Gasteiger partial charge on any atom is -0.468 e. The lowest BCUT2D eigenvalue weighted by atomic mass is 10.1. The Morgan fingerprint density at radius 2 is 2.41 bits per heavy atom. The molecule has 17 heavy (non-hydrogen) atoms. The molecule has 0 amide bonds. The molecular weight excluding hydrogens is 216 g/mol. The van der Waals surface area contributed by atoms with Gasteiger partial charge in [0.25, 0.3) is 0 Å². The van der Waals surface area contributed by atoms with E-state index in [9.17, 15) is 4.79 Å². The smallest absolute Gasteiger partial charge is 0.323 e. The molecule has 4 nitrogen and oxygen atoms in total. The summed E-state index contributed by atoms with van der Waals surface area (Å²) < 4.78 is 4.81. The van der Waals surface area contributed by atoms with Crippen LogP contribution in [-0.2, 0) is 16.1 Å². The van der Waals surface area contributed by atoms with Gasteiger partial charge >= 0.3 is 5.97 Å². The second-order valence-corrected chi connectivity index (χ2v) is 4.49. The topological polar surface area (TPSA) is 51.2 Å². The molecule has 0 bridgehead atoms. The van der Waals surface area contributed by atoms with Crippen LogP contribution in [0.5, 0.6) is 0 Å². The molecule has 0 spiro atoms.